The average Bonchev–Trinajstić information content (AvgIpc) is 2.78. The highest BCUT2D eigenvalue weighted by atomic mass is 32.1. The zero-order chi connectivity index (χ0) is 14.3. The summed E-state index contributed by atoms with van der Waals surface area (Å²) in [6, 6.07) is -0.464. The Hall–Kier alpha value is -1.70. The lowest BCUT2D eigenvalue weighted by molar-refractivity contribution is -0.136. The molecular formula is C11H18N4O3S. The van der Waals surface area contributed by atoms with E-state index in [1.54, 1.807) is 0 Å². The molecule has 3 N–H and O–H groups in total. The summed E-state index contributed by atoms with van der Waals surface area (Å²) in [6.45, 7) is 4.25. The van der Waals surface area contributed by atoms with E-state index in [1.165, 1.54) is 11.3 Å². The third-order valence-corrected chi connectivity index (χ3v) is 3.62. The summed E-state index contributed by atoms with van der Waals surface area (Å²) in [5.74, 6) is -0.588. The largest absolute Gasteiger partial charge is 0.481 e. The van der Waals surface area contributed by atoms with Crippen molar-refractivity contribution in [3.05, 3.63) is 5.01 Å². The summed E-state index contributed by atoms with van der Waals surface area (Å²) >= 11 is 1.35. The predicted octanol–water partition coefficient (Wildman–Crippen LogP) is 2.04. The molecule has 0 saturated carbocycles. The normalized spacial score (nSPS) is 10.5. The number of carbonyl (C=O) groups is 2. The van der Waals surface area contributed by atoms with Crippen LogP contribution in [0.5, 0.6) is 0 Å². The van der Waals surface area contributed by atoms with Gasteiger partial charge in [0.25, 0.3) is 0 Å². The van der Waals surface area contributed by atoms with Crippen LogP contribution < -0.4 is 10.6 Å². The van der Waals surface area contributed by atoms with E-state index in [0.717, 1.165) is 17.8 Å². The maximum Gasteiger partial charge on any atom is 0.321 e. The maximum absolute atomic E-state index is 11.4. The molecule has 0 bridgehead atoms. The molecule has 2 amide bonds. The number of anilines is 1. The van der Waals surface area contributed by atoms with Crippen LogP contribution in [0, 0.1) is 0 Å². The predicted molar refractivity (Wildman–Crippen MR) is 72.5 cm³/mol. The van der Waals surface area contributed by atoms with Crippen molar-refractivity contribution in [2.75, 3.05) is 11.9 Å². The number of rotatable bonds is 7. The standard InChI is InChI=1S/C11H18N4O3S/c1-3-7(4-2)9-14-15-11(19-9)13-10(18)12-6-5-8(16)17/h7H,3-6H2,1-2H3,(H,16,17)(H2,12,13,15,18). The quantitative estimate of drug-likeness (QED) is 0.711. The second kappa shape index (κ2) is 7.67. The van der Waals surface area contributed by atoms with Gasteiger partial charge in [0, 0.05) is 12.5 Å². The molecule has 1 aromatic rings. The number of nitrogens with zero attached hydrogens (tertiary/aromatic N) is 2. The van der Waals surface area contributed by atoms with Crippen molar-refractivity contribution in [1.82, 2.24) is 15.5 Å². The highest BCUT2D eigenvalue weighted by molar-refractivity contribution is 7.15. The fourth-order valence-electron chi connectivity index (χ4n) is 1.51. The molecule has 0 unspecified atom stereocenters. The van der Waals surface area contributed by atoms with Gasteiger partial charge in [-0.25, -0.2) is 4.79 Å². The number of amides is 2. The molecule has 0 atom stereocenters. The summed E-state index contributed by atoms with van der Waals surface area (Å²) in [4.78, 5) is 21.7. The highest BCUT2D eigenvalue weighted by Gasteiger charge is 2.14. The van der Waals surface area contributed by atoms with Gasteiger partial charge in [0.15, 0.2) is 0 Å². The van der Waals surface area contributed by atoms with Gasteiger partial charge in [-0.2, -0.15) is 0 Å². The van der Waals surface area contributed by atoms with E-state index in [1.807, 2.05) is 0 Å². The van der Waals surface area contributed by atoms with Gasteiger partial charge in [-0.1, -0.05) is 25.2 Å². The fourth-order valence-corrected chi connectivity index (χ4v) is 2.52. The average molecular weight is 286 g/mol. The van der Waals surface area contributed by atoms with E-state index in [2.05, 4.69) is 34.7 Å². The molecule has 7 nitrogen and oxygen atoms in total. The van der Waals surface area contributed by atoms with E-state index in [9.17, 15) is 9.59 Å². The number of nitrogens with one attached hydrogen (secondary N) is 2. The number of hydrogen-bond donors (Lipinski definition) is 3. The SMILES string of the molecule is CCC(CC)c1nnc(NC(=O)NCCC(=O)O)s1. The Morgan fingerprint density at radius 1 is 1.32 bits per heavy atom. The summed E-state index contributed by atoms with van der Waals surface area (Å²) in [5, 5.41) is 22.7. The third-order valence-electron chi connectivity index (χ3n) is 2.62. The lowest BCUT2D eigenvalue weighted by Gasteiger charge is -2.06. The molecular weight excluding hydrogens is 268 g/mol. The Balaban J connectivity index is 2.44. The first-order valence-electron chi connectivity index (χ1n) is 6.16. The monoisotopic (exact) mass is 286 g/mol. The van der Waals surface area contributed by atoms with E-state index >= 15 is 0 Å². The van der Waals surface area contributed by atoms with Gasteiger partial charge < -0.3 is 10.4 Å². The van der Waals surface area contributed by atoms with Crippen molar-refractivity contribution in [3.63, 3.8) is 0 Å². The lowest BCUT2D eigenvalue weighted by atomic mass is 10.1. The van der Waals surface area contributed by atoms with Crippen LogP contribution in [0.1, 0.15) is 44.0 Å². The number of carboxylic acid groups (broad SMARTS) is 1. The molecule has 0 radical (unpaired) electrons. The van der Waals surface area contributed by atoms with E-state index in [0.29, 0.717) is 11.0 Å². The number of aliphatic carboxylic acids is 1. The van der Waals surface area contributed by atoms with Gasteiger partial charge in [-0.15, -0.1) is 10.2 Å². The zero-order valence-corrected chi connectivity index (χ0v) is 11.8. The fraction of sp³-hybridized carbons (Fsp3) is 0.636. The first-order chi connectivity index (χ1) is 9.06. The zero-order valence-electron chi connectivity index (χ0n) is 11.0. The topological polar surface area (TPSA) is 104 Å². The van der Waals surface area contributed by atoms with Crippen LogP contribution >= 0.6 is 11.3 Å². The van der Waals surface area contributed by atoms with Gasteiger partial charge >= 0.3 is 12.0 Å². The molecule has 19 heavy (non-hydrogen) atoms. The second-order valence-electron chi connectivity index (χ2n) is 3.98. The van der Waals surface area contributed by atoms with Crippen molar-refractivity contribution in [3.8, 4) is 0 Å². The number of carbonyl (C=O) groups excluding carboxylic acids is 1. The molecule has 0 aliphatic rings. The van der Waals surface area contributed by atoms with Crippen molar-refractivity contribution < 1.29 is 14.7 Å². The second-order valence-corrected chi connectivity index (χ2v) is 4.99. The molecule has 8 heteroatoms. The van der Waals surface area contributed by atoms with Crippen LogP contribution in [0.15, 0.2) is 0 Å². The van der Waals surface area contributed by atoms with Gasteiger partial charge in [0.05, 0.1) is 6.42 Å². The maximum atomic E-state index is 11.4. The number of carboxylic acids is 1. The first kappa shape index (κ1) is 15.4. The number of hydrogen-bond acceptors (Lipinski definition) is 5. The minimum atomic E-state index is -0.952. The molecule has 1 heterocycles. The minimum absolute atomic E-state index is 0.0827. The molecule has 0 saturated heterocycles. The molecule has 106 valence electrons. The van der Waals surface area contributed by atoms with Crippen molar-refractivity contribution in [2.24, 2.45) is 0 Å². The van der Waals surface area contributed by atoms with Crippen molar-refractivity contribution >= 4 is 28.5 Å². The van der Waals surface area contributed by atoms with Crippen LogP contribution in [0.3, 0.4) is 0 Å². The van der Waals surface area contributed by atoms with Gasteiger partial charge in [-0.3, -0.25) is 10.1 Å². The van der Waals surface area contributed by atoms with Gasteiger partial charge in [-0.05, 0) is 12.8 Å². The first-order valence-corrected chi connectivity index (χ1v) is 6.98. The lowest BCUT2D eigenvalue weighted by Crippen LogP contribution is -2.30. The van der Waals surface area contributed by atoms with Gasteiger partial charge in [0.1, 0.15) is 5.01 Å². The smallest absolute Gasteiger partial charge is 0.321 e. The van der Waals surface area contributed by atoms with E-state index in [4.69, 9.17) is 5.11 Å². The summed E-state index contributed by atoms with van der Waals surface area (Å²) in [6.07, 6.45) is 1.86. The Labute approximate surface area is 115 Å². The van der Waals surface area contributed by atoms with Gasteiger partial charge in [0.2, 0.25) is 5.13 Å². The molecule has 1 rings (SSSR count). The van der Waals surface area contributed by atoms with Crippen LogP contribution in [0.4, 0.5) is 9.93 Å². The van der Waals surface area contributed by atoms with Crippen LogP contribution in [-0.4, -0.2) is 33.8 Å². The Morgan fingerprint density at radius 3 is 2.58 bits per heavy atom. The summed E-state index contributed by atoms with van der Waals surface area (Å²) in [5.41, 5.74) is 0. The minimum Gasteiger partial charge on any atom is -0.481 e. The van der Waals surface area contributed by atoms with Crippen molar-refractivity contribution in [1.29, 1.82) is 0 Å². The number of urea groups is 1. The van der Waals surface area contributed by atoms with E-state index < -0.39 is 12.0 Å². The Kier molecular flexibility index (Phi) is 6.20. The molecule has 0 aliphatic carbocycles. The molecule has 0 aromatic carbocycles. The third kappa shape index (κ3) is 5.21. The highest BCUT2D eigenvalue weighted by Crippen LogP contribution is 2.27. The summed E-state index contributed by atoms with van der Waals surface area (Å²) in [7, 11) is 0. The molecule has 0 aliphatic heterocycles. The van der Waals surface area contributed by atoms with E-state index in [-0.39, 0.29) is 13.0 Å². The van der Waals surface area contributed by atoms with Crippen LogP contribution in [0.2, 0.25) is 0 Å². The molecule has 0 spiro atoms. The number of aromatic nitrogens is 2. The Bertz CT molecular complexity index is 431. The van der Waals surface area contributed by atoms with Crippen LogP contribution in [-0.2, 0) is 4.79 Å². The van der Waals surface area contributed by atoms with Crippen molar-refractivity contribution in [2.45, 2.75) is 39.0 Å². The molecule has 0 fully saturated rings. The Morgan fingerprint density at radius 2 is 2.00 bits per heavy atom. The molecule has 1 aromatic heterocycles. The van der Waals surface area contributed by atoms with Crippen LogP contribution in [0.25, 0.3) is 0 Å². The summed E-state index contributed by atoms with van der Waals surface area (Å²) < 4.78 is 0.